The minimum atomic E-state index is 0.359. The van der Waals surface area contributed by atoms with Crippen LogP contribution in [0.4, 0.5) is 0 Å². The van der Waals surface area contributed by atoms with E-state index < -0.39 is 0 Å². The van der Waals surface area contributed by atoms with Crippen molar-refractivity contribution in [3.8, 4) is 0 Å². The van der Waals surface area contributed by atoms with Gasteiger partial charge in [0.05, 0.1) is 0 Å². The number of nitrogens with zero attached hydrogens (tertiary/aromatic N) is 1. The topological polar surface area (TPSA) is 20.3 Å². The van der Waals surface area contributed by atoms with Crippen molar-refractivity contribution in [2.75, 3.05) is 13.1 Å². The summed E-state index contributed by atoms with van der Waals surface area (Å²) in [5.41, 5.74) is 0.443. The van der Waals surface area contributed by atoms with Crippen LogP contribution in [-0.2, 0) is 4.79 Å². The Labute approximate surface area is 98.4 Å². The Morgan fingerprint density at radius 2 is 1.88 bits per heavy atom. The van der Waals surface area contributed by atoms with E-state index in [0.717, 1.165) is 25.4 Å². The van der Waals surface area contributed by atoms with Crippen molar-refractivity contribution in [2.24, 2.45) is 23.2 Å². The molecule has 1 heterocycles. The van der Waals surface area contributed by atoms with Crippen molar-refractivity contribution in [2.45, 2.75) is 46.0 Å². The lowest BCUT2D eigenvalue weighted by Crippen LogP contribution is -2.56. The molecule has 1 saturated heterocycles. The molecule has 2 heteroatoms. The largest absolute Gasteiger partial charge is 0.342 e. The molecule has 0 radical (unpaired) electrons. The minimum Gasteiger partial charge on any atom is -0.342 e. The molecule has 2 bridgehead atoms. The molecular formula is C14H23NO. The number of hydrogen-bond acceptors (Lipinski definition) is 1. The fourth-order valence-corrected chi connectivity index (χ4v) is 4.28. The van der Waals surface area contributed by atoms with Gasteiger partial charge in [0, 0.05) is 19.0 Å². The number of likely N-dealkylation sites (tertiary alicyclic amines) is 1. The van der Waals surface area contributed by atoms with Crippen molar-refractivity contribution in [1.29, 1.82) is 0 Å². The third-order valence-electron chi connectivity index (χ3n) is 5.59. The molecule has 90 valence electrons. The summed E-state index contributed by atoms with van der Waals surface area (Å²) < 4.78 is 0. The first-order valence-corrected chi connectivity index (χ1v) is 6.89. The first-order valence-electron chi connectivity index (χ1n) is 6.89. The average Bonchev–Trinajstić information content (AvgIpc) is 2.81. The van der Waals surface area contributed by atoms with Crippen LogP contribution in [0.1, 0.15) is 46.0 Å². The molecule has 2 nitrogen and oxygen atoms in total. The van der Waals surface area contributed by atoms with Gasteiger partial charge in [-0.05, 0) is 49.4 Å². The van der Waals surface area contributed by atoms with Gasteiger partial charge in [-0.25, -0.2) is 0 Å². The first-order chi connectivity index (χ1) is 7.60. The van der Waals surface area contributed by atoms with Crippen LogP contribution >= 0.6 is 0 Å². The number of rotatable bonds is 1. The molecule has 0 spiro atoms. The first kappa shape index (κ1) is 10.6. The fourth-order valence-electron chi connectivity index (χ4n) is 4.28. The van der Waals surface area contributed by atoms with E-state index in [0.29, 0.717) is 23.2 Å². The van der Waals surface area contributed by atoms with Gasteiger partial charge in [0.2, 0.25) is 5.91 Å². The van der Waals surface area contributed by atoms with E-state index in [9.17, 15) is 4.79 Å². The second-order valence-corrected chi connectivity index (χ2v) is 6.58. The van der Waals surface area contributed by atoms with Crippen LogP contribution in [0.2, 0.25) is 0 Å². The lowest BCUT2D eigenvalue weighted by Gasteiger charge is -2.59. The Kier molecular flexibility index (Phi) is 2.31. The van der Waals surface area contributed by atoms with Gasteiger partial charge in [-0.2, -0.15) is 0 Å². The van der Waals surface area contributed by atoms with Crippen LogP contribution in [0.25, 0.3) is 0 Å². The van der Waals surface area contributed by atoms with Crippen LogP contribution < -0.4 is 0 Å². The summed E-state index contributed by atoms with van der Waals surface area (Å²) in [6.45, 7) is 6.78. The quantitative estimate of drug-likeness (QED) is 0.666. The highest BCUT2D eigenvalue weighted by Gasteiger charge is 2.56. The van der Waals surface area contributed by atoms with E-state index in [4.69, 9.17) is 0 Å². The molecular weight excluding hydrogens is 198 g/mol. The van der Waals surface area contributed by atoms with Crippen LogP contribution in [-0.4, -0.2) is 23.9 Å². The predicted molar refractivity (Wildman–Crippen MR) is 63.9 cm³/mol. The summed E-state index contributed by atoms with van der Waals surface area (Å²) in [4.78, 5) is 14.6. The molecule has 4 rings (SSSR count). The van der Waals surface area contributed by atoms with Crippen molar-refractivity contribution in [1.82, 2.24) is 4.90 Å². The minimum absolute atomic E-state index is 0.359. The molecule has 16 heavy (non-hydrogen) atoms. The summed E-state index contributed by atoms with van der Waals surface area (Å²) in [5, 5.41) is 0. The predicted octanol–water partition coefficient (Wildman–Crippen LogP) is 2.68. The SMILES string of the molecule is CC1(C)[C@H]2CC[C@@H](C(=O)N3CCCC3)[C@@H]1C2. The van der Waals surface area contributed by atoms with Crippen molar-refractivity contribution in [3.05, 3.63) is 0 Å². The molecule has 4 aliphatic rings. The second-order valence-electron chi connectivity index (χ2n) is 6.58. The third-order valence-corrected chi connectivity index (χ3v) is 5.59. The van der Waals surface area contributed by atoms with Crippen molar-refractivity contribution in [3.63, 3.8) is 0 Å². The lowest BCUT2D eigenvalue weighted by molar-refractivity contribution is -0.157. The lowest BCUT2D eigenvalue weighted by atomic mass is 9.45. The Morgan fingerprint density at radius 1 is 1.19 bits per heavy atom. The number of amides is 1. The number of fused-ring (bicyclic) bond motifs is 2. The van der Waals surface area contributed by atoms with E-state index in [1.165, 1.54) is 25.7 Å². The van der Waals surface area contributed by atoms with Crippen molar-refractivity contribution < 1.29 is 4.79 Å². The Morgan fingerprint density at radius 3 is 2.44 bits per heavy atom. The number of carbonyl (C=O) groups is 1. The van der Waals surface area contributed by atoms with E-state index in [-0.39, 0.29) is 0 Å². The van der Waals surface area contributed by atoms with Gasteiger partial charge in [0.1, 0.15) is 0 Å². The third kappa shape index (κ3) is 1.34. The maximum Gasteiger partial charge on any atom is 0.225 e. The summed E-state index contributed by atoms with van der Waals surface area (Å²) in [7, 11) is 0. The molecule has 0 aromatic carbocycles. The highest BCUT2D eigenvalue weighted by molar-refractivity contribution is 5.80. The molecule has 1 aliphatic heterocycles. The summed E-state index contributed by atoms with van der Waals surface area (Å²) in [6, 6.07) is 0. The second kappa shape index (κ2) is 3.48. The van der Waals surface area contributed by atoms with Crippen LogP contribution in [0, 0.1) is 23.2 Å². The van der Waals surface area contributed by atoms with Gasteiger partial charge in [-0.15, -0.1) is 0 Å². The van der Waals surface area contributed by atoms with E-state index >= 15 is 0 Å². The molecule has 1 amide bonds. The zero-order valence-electron chi connectivity index (χ0n) is 10.5. The Hall–Kier alpha value is -0.530. The van der Waals surface area contributed by atoms with Crippen LogP contribution in [0.3, 0.4) is 0 Å². The monoisotopic (exact) mass is 221 g/mol. The molecule has 3 aliphatic carbocycles. The highest BCUT2D eigenvalue weighted by atomic mass is 16.2. The fraction of sp³-hybridized carbons (Fsp3) is 0.929. The zero-order valence-corrected chi connectivity index (χ0v) is 10.5. The summed E-state index contributed by atoms with van der Waals surface area (Å²) in [5.74, 6) is 2.42. The van der Waals surface area contributed by atoms with Gasteiger partial charge in [0.25, 0.3) is 0 Å². The maximum atomic E-state index is 12.4. The summed E-state index contributed by atoms with van der Waals surface area (Å²) in [6.07, 6.45) is 6.20. The van der Waals surface area contributed by atoms with Gasteiger partial charge in [-0.3, -0.25) is 4.79 Å². The average molecular weight is 221 g/mol. The zero-order chi connectivity index (χ0) is 11.3. The summed E-state index contributed by atoms with van der Waals surface area (Å²) >= 11 is 0. The van der Waals surface area contributed by atoms with Gasteiger partial charge in [0.15, 0.2) is 0 Å². The molecule has 0 N–H and O–H groups in total. The van der Waals surface area contributed by atoms with E-state index in [1.807, 2.05) is 0 Å². The van der Waals surface area contributed by atoms with E-state index in [2.05, 4.69) is 18.7 Å². The van der Waals surface area contributed by atoms with Gasteiger partial charge < -0.3 is 4.90 Å². The molecule has 0 aromatic heterocycles. The molecule has 0 aromatic rings. The van der Waals surface area contributed by atoms with Crippen LogP contribution in [0.15, 0.2) is 0 Å². The van der Waals surface area contributed by atoms with E-state index in [1.54, 1.807) is 0 Å². The normalized spacial score (nSPS) is 40.6. The van der Waals surface area contributed by atoms with Crippen molar-refractivity contribution >= 4 is 5.91 Å². The van der Waals surface area contributed by atoms with Gasteiger partial charge >= 0.3 is 0 Å². The highest BCUT2D eigenvalue weighted by Crippen LogP contribution is 2.61. The smallest absolute Gasteiger partial charge is 0.225 e. The molecule has 3 atom stereocenters. The molecule has 3 saturated carbocycles. The number of hydrogen-bond donors (Lipinski definition) is 0. The van der Waals surface area contributed by atoms with Crippen LogP contribution in [0.5, 0.6) is 0 Å². The standard InChI is InChI=1S/C14H23NO/c1-14(2)10-5-6-11(12(14)9-10)13(16)15-7-3-4-8-15/h10-12H,3-9H2,1-2H3/t10-,11+,12-/m0/s1. The number of carbonyl (C=O) groups excluding carboxylic acids is 1. The van der Waals surface area contributed by atoms with Gasteiger partial charge in [-0.1, -0.05) is 13.8 Å². The molecule has 0 unspecified atom stereocenters. The maximum absolute atomic E-state index is 12.4. The Bertz CT molecular complexity index is 302. The Balaban J connectivity index is 1.72. The molecule has 4 fully saturated rings.